The van der Waals surface area contributed by atoms with Crippen LogP contribution in [0.25, 0.3) is 16.5 Å². The summed E-state index contributed by atoms with van der Waals surface area (Å²) in [5, 5.41) is 2.94. The third kappa shape index (κ3) is 4.55. The van der Waals surface area contributed by atoms with E-state index in [9.17, 15) is 9.18 Å². The van der Waals surface area contributed by atoms with Crippen LogP contribution in [0.3, 0.4) is 0 Å². The van der Waals surface area contributed by atoms with E-state index in [1.807, 2.05) is 41.9 Å². The van der Waals surface area contributed by atoms with Gasteiger partial charge in [-0.1, -0.05) is 42.5 Å². The van der Waals surface area contributed by atoms with Crippen molar-refractivity contribution in [2.45, 2.75) is 6.04 Å². The van der Waals surface area contributed by atoms with Gasteiger partial charge in [0, 0.05) is 35.3 Å². The fourth-order valence-electron chi connectivity index (χ4n) is 3.19. The van der Waals surface area contributed by atoms with Crippen molar-refractivity contribution in [3.63, 3.8) is 0 Å². The summed E-state index contributed by atoms with van der Waals surface area (Å²) in [5.41, 5.74) is 1.78. The average molecular weight is 418 g/mol. The number of carbonyl (C=O) groups excluding carboxylic acids is 1. The molecule has 0 fully saturated rings. The minimum absolute atomic E-state index is 0.276. The Kier molecular flexibility index (Phi) is 5.86. The zero-order chi connectivity index (χ0) is 20.9. The summed E-state index contributed by atoms with van der Waals surface area (Å²) in [6.45, 7) is 0. The summed E-state index contributed by atoms with van der Waals surface area (Å²) < 4.78 is 15.6. The summed E-state index contributed by atoms with van der Waals surface area (Å²) >= 11 is 1.61. The zero-order valence-electron chi connectivity index (χ0n) is 16.3. The second kappa shape index (κ2) is 8.88. The first-order valence-electron chi connectivity index (χ1n) is 9.46. The fourth-order valence-corrected chi connectivity index (χ4v) is 4.10. The van der Waals surface area contributed by atoms with Gasteiger partial charge in [-0.3, -0.25) is 4.79 Å². The number of hydrogen-bond acceptors (Lipinski definition) is 3. The van der Waals surface area contributed by atoms with Crippen molar-refractivity contribution < 1.29 is 9.18 Å². The largest absolute Gasteiger partial charge is 0.339 e. The third-order valence-corrected chi connectivity index (χ3v) is 5.77. The van der Waals surface area contributed by atoms with E-state index in [-0.39, 0.29) is 11.7 Å². The van der Waals surface area contributed by atoms with Gasteiger partial charge in [-0.2, -0.15) is 0 Å². The van der Waals surface area contributed by atoms with Gasteiger partial charge in [-0.15, -0.1) is 11.3 Å². The summed E-state index contributed by atoms with van der Waals surface area (Å²) in [6.07, 6.45) is 6.73. The molecule has 1 unspecified atom stereocenters. The van der Waals surface area contributed by atoms with Crippen LogP contribution in [0.5, 0.6) is 0 Å². The number of carbonyl (C=O) groups is 1. The first-order chi connectivity index (χ1) is 14.6. The quantitative estimate of drug-likeness (QED) is 0.438. The second-order valence-corrected chi connectivity index (χ2v) is 7.91. The lowest BCUT2D eigenvalue weighted by molar-refractivity contribution is -0.117. The number of hydrogen-bond donors (Lipinski definition) is 1. The van der Waals surface area contributed by atoms with Gasteiger partial charge in [0.1, 0.15) is 17.7 Å². The molecule has 1 N–H and O–H groups in total. The first kappa shape index (κ1) is 19.8. The van der Waals surface area contributed by atoms with Gasteiger partial charge in [-0.05, 0) is 41.5 Å². The molecule has 2 heterocycles. The predicted molar refractivity (Wildman–Crippen MR) is 118 cm³/mol. The Bertz CT molecular complexity index is 1180. The van der Waals surface area contributed by atoms with E-state index in [0.29, 0.717) is 11.4 Å². The number of thiophene rings is 1. The van der Waals surface area contributed by atoms with Gasteiger partial charge in [0.2, 0.25) is 5.91 Å². The van der Waals surface area contributed by atoms with Crippen LogP contribution in [0, 0.1) is 5.82 Å². The smallest absolute Gasteiger partial charge is 0.244 e. The standard InChI is InChI=1S/C24H20FN3OS/c1-28-15-14-26-24(28)23(18-8-5-9-19(25)16-18)27-22(29)13-11-20-10-12-21(30-20)17-6-3-2-4-7-17/h2-16,23H,1H3,(H,27,29)/b13-11+. The number of imidazole rings is 1. The Morgan fingerprint density at radius 1 is 1.13 bits per heavy atom. The molecule has 150 valence electrons. The predicted octanol–water partition coefficient (Wildman–Crippen LogP) is 5.21. The van der Waals surface area contributed by atoms with Crippen LogP contribution in [-0.4, -0.2) is 15.5 Å². The van der Waals surface area contributed by atoms with Crippen LogP contribution in [-0.2, 0) is 11.8 Å². The Balaban J connectivity index is 1.52. The summed E-state index contributed by atoms with van der Waals surface area (Å²) in [5.74, 6) is -0.00436. The van der Waals surface area contributed by atoms with Crippen molar-refractivity contribution in [3.05, 3.63) is 107 Å². The van der Waals surface area contributed by atoms with E-state index in [2.05, 4.69) is 22.4 Å². The summed E-state index contributed by atoms with van der Waals surface area (Å²) in [6, 6.07) is 19.8. The fraction of sp³-hybridized carbons (Fsp3) is 0.0833. The number of amides is 1. The molecule has 0 aliphatic carbocycles. The van der Waals surface area contributed by atoms with Crippen molar-refractivity contribution in [3.8, 4) is 10.4 Å². The second-order valence-electron chi connectivity index (χ2n) is 6.79. The highest BCUT2D eigenvalue weighted by Gasteiger charge is 2.20. The van der Waals surface area contributed by atoms with Crippen LogP contribution in [0.1, 0.15) is 22.3 Å². The SMILES string of the molecule is Cn1ccnc1C(NC(=O)/C=C/c1ccc(-c2ccccc2)s1)c1cccc(F)c1. The van der Waals surface area contributed by atoms with Gasteiger partial charge in [-0.25, -0.2) is 9.37 Å². The van der Waals surface area contributed by atoms with Gasteiger partial charge in [0.15, 0.2) is 0 Å². The van der Waals surface area contributed by atoms with Crippen LogP contribution in [0.4, 0.5) is 4.39 Å². The van der Waals surface area contributed by atoms with Crippen LogP contribution < -0.4 is 5.32 Å². The zero-order valence-corrected chi connectivity index (χ0v) is 17.1. The highest BCUT2D eigenvalue weighted by Crippen LogP contribution is 2.28. The van der Waals surface area contributed by atoms with Crippen molar-refractivity contribution in [1.29, 1.82) is 0 Å². The molecule has 0 saturated carbocycles. The topological polar surface area (TPSA) is 46.9 Å². The molecule has 4 rings (SSSR count). The van der Waals surface area contributed by atoms with Gasteiger partial charge in [0.05, 0.1) is 0 Å². The van der Waals surface area contributed by atoms with Gasteiger partial charge < -0.3 is 9.88 Å². The molecule has 0 saturated heterocycles. The van der Waals surface area contributed by atoms with Crippen LogP contribution >= 0.6 is 11.3 Å². The molecule has 0 bridgehead atoms. The average Bonchev–Trinajstić information content (AvgIpc) is 3.40. The molecular formula is C24H20FN3OS. The maximum absolute atomic E-state index is 13.8. The molecular weight excluding hydrogens is 397 g/mol. The molecule has 2 aromatic heterocycles. The number of nitrogens with one attached hydrogen (secondary N) is 1. The Labute approximate surface area is 178 Å². The minimum Gasteiger partial charge on any atom is -0.339 e. The highest BCUT2D eigenvalue weighted by atomic mass is 32.1. The number of nitrogens with zero attached hydrogens (tertiary/aromatic N) is 2. The number of aromatic nitrogens is 2. The molecule has 30 heavy (non-hydrogen) atoms. The molecule has 4 aromatic rings. The molecule has 0 spiro atoms. The minimum atomic E-state index is -0.555. The van der Waals surface area contributed by atoms with Crippen molar-refractivity contribution in [2.75, 3.05) is 0 Å². The number of aryl methyl sites for hydroxylation is 1. The van der Waals surface area contributed by atoms with Crippen LogP contribution in [0.2, 0.25) is 0 Å². The lowest BCUT2D eigenvalue weighted by Crippen LogP contribution is -2.29. The summed E-state index contributed by atoms with van der Waals surface area (Å²) in [7, 11) is 1.84. The Hall–Kier alpha value is -3.51. The number of benzene rings is 2. The number of rotatable bonds is 6. The van der Waals surface area contributed by atoms with Gasteiger partial charge >= 0.3 is 0 Å². The van der Waals surface area contributed by atoms with E-state index < -0.39 is 6.04 Å². The molecule has 0 aliphatic heterocycles. The molecule has 6 heteroatoms. The van der Waals surface area contributed by atoms with Crippen molar-refractivity contribution in [2.24, 2.45) is 7.05 Å². The molecule has 0 radical (unpaired) electrons. The van der Waals surface area contributed by atoms with E-state index in [0.717, 1.165) is 15.3 Å². The normalized spacial score (nSPS) is 12.2. The van der Waals surface area contributed by atoms with E-state index in [1.54, 1.807) is 41.9 Å². The molecule has 1 amide bonds. The Morgan fingerprint density at radius 3 is 2.70 bits per heavy atom. The summed E-state index contributed by atoms with van der Waals surface area (Å²) in [4.78, 5) is 19.1. The maximum atomic E-state index is 13.8. The lowest BCUT2D eigenvalue weighted by Gasteiger charge is -2.18. The monoisotopic (exact) mass is 417 g/mol. The lowest BCUT2D eigenvalue weighted by atomic mass is 10.1. The Morgan fingerprint density at radius 2 is 1.97 bits per heavy atom. The first-order valence-corrected chi connectivity index (χ1v) is 10.3. The van der Waals surface area contributed by atoms with E-state index in [4.69, 9.17) is 0 Å². The molecule has 0 aliphatic rings. The highest BCUT2D eigenvalue weighted by molar-refractivity contribution is 7.16. The van der Waals surface area contributed by atoms with Gasteiger partial charge in [0.25, 0.3) is 0 Å². The third-order valence-electron chi connectivity index (χ3n) is 4.67. The number of halogens is 1. The van der Waals surface area contributed by atoms with Crippen molar-refractivity contribution >= 4 is 23.3 Å². The van der Waals surface area contributed by atoms with E-state index >= 15 is 0 Å². The van der Waals surface area contributed by atoms with E-state index in [1.165, 1.54) is 18.2 Å². The van der Waals surface area contributed by atoms with Crippen LogP contribution in [0.15, 0.2) is 85.2 Å². The van der Waals surface area contributed by atoms with Crippen molar-refractivity contribution in [1.82, 2.24) is 14.9 Å². The maximum Gasteiger partial charge on any atom is 0.244 e. The molecule has 1 atom stereocenters. The molecule has 4 nitrogen and oxygen atoms in total. The molecule has 2 aromatic carbocycles.